The lowest BCUT2D eigenvalue weighted by atomic mass is 10.1. The van der Waals surface area contributed by atoms with Crippen LogP contribution in [0.25, 0.3) is 0 Å². The second kappa shape index (κ2) is 6.24. The fraction of sp³-hybridized carbons (Fsp3) is 0.231. The van der Waals surface area contributed by atoms with E-state index in [1.54, 1.807) is 12.3 Å². The Morgan fingerprint density at radius 3 is 2.95 bits per heavy atom. The molecule has 19 heavy (non-hydrogen) atoms. The van der Waals surface area contributed by atoms with Crippen LogP contribution in [0.5, 0.6) is 0 Å². The monoisotopic (exact) mass is 278 g/mol. The molecule has 0 saturated carbocycles. The van der Waals surface area contributed by atoms with E-state index in [2.05, 4.69) is 10.4 Å². The molecule has 3 N–H and O–H groups in total. The SMILES string of the molecule is Nc1ccn(CC(=O)NCCc2cccc(Cl)c2)n1. The predicted molar refractivity (Wildman–Crippen MR) is 74.8 cm³/mol. The van der Waals surface area contributed by atoms with Crippen LogP contribution in [0.1, 0.15) is 5.56 Å². The third-order valence-electron chi connectivity index (χ3n) is 2.59. The molecular formula is C13H15ClN4O. The molecular weight excluding hydrogens is 264 g/mol. The zero-order chi connectivity index (χ0) is 13.7. The molecule has 0 fully saturated rings. The lowest BCUT2D eigenvalue weighted by molar-refractivity contribution is -0.121. The molecule has 0 aliphatic rings. The van der Waals surface area contributed by atoms with Crippen molar-refractivity contribution < 1.29 is 4.79 Å². The summed E-state index contributed by atoms with van der Waals surface area (Å²) >= 11 is 5.89. The van der Waals surface area contributed by atoms with Gasteiger partial charge in [-0.25, -0.2) is 0 Å². The van der Waals surface area contributed by atoms with Gasteiger partial charge in [-0.1, -0.05) is 23.7 Å². The van der Waals surface area contributed by atoms with Gasteiger partial charge in [0.05, 0.1) is 0 Å². The molecule has 0 aliphatic carbocycles. The van der Waals surface area contributed by atoms with E-state index in [1.165, 1.54) is 4.68 Å². The van der Waals surface area contributed by atoms with Crippen molar-refractivity contribution in [2.75, 3.05) is 12.3 Å². The highest BCUT2D eigenvalue weighted by Crippen LogP contribution is 2.10. The first kappa shape index (κ1) is 13.4. The zero-order valence-corrected chi connectivity index (χ0v) is 11.1. The van der Waals surface area contributed by atoms with E-state index in [4.69, 9.17) is 17.3 Å². The van der Waals surface area contributed by atoms with Gasteiger partial charge in [0, 0.05) is 17.8 Å². The Hall–Kier alpha value is -2.01. The molecule has 0 spiro atoms. The summed E-state index contributed by atoms with van der Waals surface area (Å²) in [4.78, 5) is 11.6. The number of halogens is 1. The van der Waals surface area contributed by atoms with Crippen molar-refractivity contribution >= 4 is 23.3 Å². The largest absolute Gasteiger partial charge is 0.382 e. The van der Waals surface area contributed by atoms with E-state index < -0.39 is 0 Å². The Bertz CT molecular complexity index is 567. The maximum absolute atomic E-state index is 11.6. The summed E-state index contributed by atoms with van der Waals surface area (Å²) in [5, 5.41) is 7.47. The van der Waals surface area contributed by atoms with Crippen molar-refractivity contribution in [2.24, 2.45) is 0 Å². The number of aromatic nitrogens is 2. The minimum Gasteiger partial charge on any atom is -0.382 e. The number of nitrogens with zero attached hydrogens (tertiary/aromatic N) is 2. The smallest absolute Gasteiger partial charge is 0.241 e. The molecule has 0 unspecified atom stereocenters. The summed E-state index contributed by atoms with van der Waals surface area (Å²) in [6.45, 7) is 0.739. The van der Waals surface area contributed by atoms with Crippen LogP contribution in [0.4, 0.5) is 5.82 Å². The van der Waals surface area contributed by atoms with Crippen LogP contribution >= 0.6 is 11.6 Å². The zero-order valence-electron chi connectivity index (χ0n) is 10.3. The maximum Gasteiger partial charge on any atom is 0.241 e. The van der Waals surface area contributed by atoms with Gasteiger partial charge in [0.25, 0.3) is 0 Å². The summed E-state index contributed by atoms with van der Waals surface area (Å²) < 4.78 is 1.50. The average molecular weight is 279 g/mol. The van der Waals surface area contributed by atoms with Gasteiger partial charge in [0.15, 0.2) is 0 Å². The van der Waals surface area contributed by atoms with E-state index in [9.17, 15) is 4.79 Å². The fourth-order valence-electron chi connectivity index (χ4n) is 1.71. The molecule has 1 heterocycles. The number of nitrogens with one attached hydrogen (secondary N) is 1. The van der Waals surface area contributed by atoms with Gasteiger partial charge >= 0.3 is 0 Å². The quantitative estimate of drug-likeness (QED) is 0.870. The lowest BCUT2D eigenvalue weighted by Gasteiger charge is -2.05. The molecule has 100 valence electrons. The fourth-order valence-corrected chi connectivity index (χ4v) is 1.92. The number of hydrogen-bond acceptors (Lipinski definition) is 3. The van der Waals surface area contributed by atoms with Crippen molar-refractivity contribution in [3.05, 3.63) is 47.1 Å². The van der Waals surface area contributed by atoms with Crippen molar-refractivity contribution in [1.82, 2.24) is 15.1 Å². The van der Waals surface area contributed by atoms with Crippen LogP contribution in [0.15, 0.2) is 36.5 Å². The molecule has 0 aliphatic heterocycles. The predicted octanol–water partition coefficient (Wildman–Crippen LogP) is 1.48. The van der Waals surface area contributed by atoms with Crippen molar-refractivity contribution in [3.8, 4) is 0 Å². The number of nitrogen functional groups attached to an aromatic ring is 1. The number of carbonyl (C=O) groups is 1. The third-order valence-corrected chi connectivity index (χ3v) is 2.83. The number of hydrogen-bond donors (Lipinski definition) is 2. The van der Waals surface area contributed by atoms with Gasteiger partial charge < -0.3 is 11.1 Å². The van der Waals surface area contributed by atoms with Crippen LogP contribution in [0.2, 0.25) is 5.02 Å². The highest BCUT2D eigenvalue weighted by atomic mass is 35.5. The molecule has 0 bridgehead atoms. The van der Waals surface area contributed by atoms with E-state index in [0.717, 1.165) is 12.0 Å². The Balaban J connectivity index is 1.75. The third kappa shape index (κ3) is 4.30. The number of nitrogens with two attached hydrogens (primary N) is 1. The Morgan fingerprint density at radius 1 is 1.42 bits per heavy atom. The number of rotatable bonds is 5. The first-order chi connectivity index (χ1) is 9.13. The highest BCUT2D eigenvalue weighted by Gasteiger charge is 2.03. The van der Waals surface area contributed by atoms with Crippen LogP contribution in [0, 0.1) is 0 Å². The molecule has 6 heteroatoms. The molecule has 1 amide bonds. The maximum atomic E-state index is 11.6. The van der Waals surface area contributed by atoms with Crippen molar-refractivity contribution in [1.29, 1.82) is 0 Å². The Labute approximate surface area is 116 Å². The Morgan fingerprint density at radius 2 is 2.26 bits per heavy atom. The molecule has 2 rings (SSSR count). The molecule has 1 aromatic carbocycles. The van der Waals surface area contributed by atoms with Crippen LogP contribution in [-0.2, 0) is 17.8 Å². The van der Waals surface area contributed by atoms with E-state index in [0.29, 0.717) is 17.4 Å². The second-order valence-electron chi connectivity index (χ2n) is 4.17. The standard InChI is InChI=1S/C13H15ClN4O/c14-11-3-1-2-10(8-11)4-6-16-13(19)9-18-7-5-12(15)17-18/h1-3,5,7-8H,4,6,9H2,(H2,15,17)(H,16,19). The average Bonchev–Trinajstić information content (AvgIpc) is 2.75. The molecule has 5 nitrogen and oxygen atoms in total. The first-order valence-corrected chi connectivity index (χ1v) is 6.31. The van der Waals surface area contributed by atoms with Gasteiger partial charge in [-0.3, -0.25) is 9.48 Å². The van der Waals surface area contributed by atoms with E-state index >= 15 is 0 Å². The van der Waals surface area contributed by atoms with Crippen LogP contribution in [-0.4, -0.2) is 22.2 Å². The van der Waals surface area contributed by atoms with Crippen LogP contribution in [0.3, 0.4) is 0 Å². The van der Waals surface area contributed by atoms with E-state index in [-0.39, 0.29) is 12.5 Å². The molecule has 2 aromatic rings. The number of carbonyl (C=O) groups excluding carboxylic acids is 1. The van der Waals surface area contributed by atoms with Gasteiger partial charge in [-0.2, -0.15) is 5.10 Å². The molecule has 1 aromatic heterocycles. The van der Waals surface area contributed by atoms with Crippen molar-refractivity contribution in [2.45, 2.75) is 13.0 Å². The van der Waals surface area contributed by atoms with E-state index in [1.807, 2.05) is 24.3 Å². The highest BCUT2D eigenvalue weighted by molar-refractivity contribution is 6.30. The summed E-state index contributed by atoms with van der Waals surface area (Å²) in [5.74, 6) is 0.317. The topological polar surface area (TPSA) is 72.9 Å². The molecule has 0 radical (unpaired) electrons. The van der Waals surface area contributed by atoms with Gasteiger partial charge in [-0.05, 0) is 30.2 Å². The second-order valence-corrected chi connectivity index (χ2v) is 4.60. The summed E-state index contributed by atoms with van der Waals surface area (Å²) in [7, 11) is 0. The summed E-state index contributed by atoms with van der Waals surface area (Å²) in [6.07, 6.45) is 2.42. The van der Waals surface area contributed by atoms with Gasteiger partial charge in [-0.15, -0.1) is 0 Å². The lowest BCUT2D eigenvalue weighted by Crippen LogP contribution is -2.29. The molecule has 0 atom stereocenters. The number of amides is 1. The minimum absolute atomic E-state index is 0.0925. The minimum atomic E-state index is -0.0925. The summed E-state index contributed by atoms with van der Waals surface area (Å²) in [5.41, 5.74) is 6.56. The van der Waals surface area contributed by atoms with Gasteiger partial charge in [0.2, 0.25) is 5.91 Å². The summed E-state index contributed by atoms with van der Waals surface area (Å²) in [6, 6.07) is 9.24. The normalized spacial score (nSPS) is 10.4. The molecule has 0 saturated heterocycles. The first-order valence-electron chi connectivity index (χ1n) is 5.93. The van der Waals surface area contributed by atoms with Crippen LogP contribution < -0.4 is 11.1 Å². The number of anilines is 1. The van der Waals surface area contributed by atoms with Crippen molar-refractivity contribution in [3.63, 3.8) is 0 Å². The Kier molecular flexibility index (Phi) is 4.41. The number of benzene rings is 1. The van der Waals surface area contributed by atoms with Gasteiger partial charge in [0.1, 0.15) is 12.4 Å².